The van der Waals surface area contributed by atoms with Gasteiger partial charge in [-0.15, -0.1) is 21.2 Å². The average Bonchev–Trinajstić information content (AvgIpc) is 2.59. The number of fused-ring (bicyclic) bond motifs is 1. The molecule has 21 heavy (non-hydrogen) atoms. The van der Waals surface area contributed by atoms with E-state index in [9.17, 15) is 13.6 Å². The summed E-state index contributed by atoms with van der Waals surface area (Å²) in [4.78, 5) is 11.9. The maximum atomic E-state index is 12.9. The van der Waals surface area contributed by atoms with Crippen LogP contribution < -0.4 is 20.5 Å². The largest absolute Gasteiger partial charge is 0.586 e. The normalized spacial score (nSPS) is 16.9. The Bertz CT molecular complexity index is 547. The van der Waals surface area contributed by atoms with Crippen LogP contribution in [0.1, 0.15) is 20.8 Å². The molecule has 0 spiro atoms. The zero-order valence-corrected chi connectivity index (χ0v) is 12.6. The highest BCUT2D eigenvalue weighted by molar-refractivity contribution is 5.95. The molecule has 0 bridgehead atoms. The summed E-state index contributed by atoms with van der Waals surface area (Å²) in [5.74, 6) is -0.603. The molecule has 1 heterocycles. The van der Waals surface area contributed by atoms with E-state index in [4.69, 9.17) is 5.73 Å². The van der Waals surface area contributed by atoms with Crippen LogP contribution in [-0.2, 0) is 4.79 Å². The van der Waals surface area contributed by atoms with Gasteiger partial charge in [-0.2, -0.15) is 0 Å². The Kier molecular flexibility index (Phi) is 4.70. The molecule has 2 rings (SSSR count). The predicted molar refractivity (Wildman–Crippen MR) is 76.0 cm³/mol. The summed E-state index contributed by atoms with van der Waals surface area (Å²) >= 11 is 0. The second-order valence-corrected chi connectivity index (χ2v) is 5.66. The van der Waals surface area contributed by atoms with Gasteiger partial charge in [0, 0.05) is 11.8 Å². The van der Waals surface area contributed by atoms with Crippen molar-refractivity contribution >= 4 is 24.0 Å². The Balaban J connectivity index is 0.00000220. The Morgan fingerprint density at radius 1 is 1.29 bits per heavy atom. The van der Waals surface area contributed by atoms with Gasteiger partial charge in [0.2, 0.25) is 5.91 Å². The number of rotatable bonds is 2. The van der Waals surface area contributed by atoms with Crippen LogP contribution in [0, 0.1) is 5.41 Å². The highest BCUT2D eigenvalue weighted by atomic mass is 35.5. The van der Waals surface area contributed by atoms with E-state index in [-0.39, 0.29) is 23.9 Å². The van der Waals surface area contributed by atoms with Crippen LogP contribution in [0.5, 0.6) is 11.5 Å². The van der Waals surface area contributed by atoms with Crippen molar-refractivity contribution in [1.29, 1.82) is 0 Å². The summed E-state index contributed by atoms with van der Waals surface area (Å²) in [7, 11) is 0. The topological polar surface area (TPSA) is 73.6 Å². The van der Waals surface area contributed by atoms with Gasteiger partial charge < -0.3 is 20.5 Å². The molecule has 0 radical (unpaired) electrons. The lowest BCUT2D eigenvalue weighted by atomic mass is 9.87. The van der Waals surface area contributed by atoms with Gasteiger partial charge >= 0.3 is 6.29 Å². The second-order valence-electron chi connectivity index (χ2n) is 5.66. The van der Waals surface area contributed by atoms with Gasteiger partial charge in [0.15, 0.2) is 11.5 Å². The molecule has 118 valence electrons. The summed E-state index contributed by atoms with van der Waals surface area (Å²) < 4.78 is 34.3. The molecule has 5 nitrogen and oxygen atoms in total. The number of benzene rings is 1. The van der Waals surface area contributed by atoms with Crippen molar-refractivity contribution in [2.45, 2.75) is 33.1 Å². The number of ether oxygens (including phenoxy) is 2. The minimum absolute atomic E-state index is 0. The standard InChI is InChI=1S/C13H16F2N2O3.ClH/c1-12(2,3)10(16)11(18)17-7-4-5-8-9(6-7)20-13(14,15)19-8;/h4-6,10H,16H2,1-3H3,(H,17,18);1H/t10-;/m1./s1. The van der Waals surface area contributed by atoms with Gasteiger partial charge in [-0.1, -0.05) is 20.8 Å². The molecule has 0 aliphatic carbocycles. The highest BCUT2D eigenvalue weighted by Gasteiger charge is 2.43. The van der Waals surface area contributed by atoms with E-state index in [0.29, 0.717) is 5.69 Å². The van der Waals surface area contributed by atoms with Crippen molar-refractivity contribution in [3.05, 3.63) is 18.2 Å². The fourth-order valence-electron chi connectivity index (χ4n) is 1.64. The smallest absolute Gasteiger partial charge is 0.395 e. The van der Waals surface area contributed by atoms with Crippen molar-refractivity contribution in [2.75, 3.05) is 5.32 Å². The Morgan fingerprint density at radius 3 is 2.43 bits per heavy atom. The monoisotopic (exact) mass is 322 g/mol. The van der Waals surface area contributed by atoms with Gasteiger partial charge in [0.25, 0.3) is 0 Å². The first-order valence-corrected chi connectivity index (χ1v) is 6.05. The van der Waals surface area contributed by atoms with Gasteiger partial charge in [-0.3, -0.25) is 4.79 Å². The molecule has 0 unspecified atom stereocenters. The van der Waals surface area contributed by atoms with Crippen LogP contribution in [0.25, 0.3) is 0 Å². The van der Waals surface area contributed by atoms with Crippen LogP contribution in [0.15, 0.2) is 18.2 Å². The van der Waals surface area contributed by atoms with Crippen molar-refractivity contribution in [1.82, 2.24) is 0 Å². The SMILES string of the molecule is CC(C)(C)[C@H](N)C(=O)Nc1ccc2c(c1)OC(F)(F)O2.Cl. The van der Waals surface area contributed by atoms with Crippen molar-refractivity contribution in [2.24, 2.45) is 11.1 Å². The van der Waals surface area contributed by atoms with Crippen LogP contribution in [0.4, 0.5) is 14.5 Å². The lowest BCUT2D eigenvalue weighted by molar-refractivity contribution is -0.286. The number of carbonyl (C=O) groups excluding carboxylic acids is 1. The minimum atomic E-state index is -3.67. The molecular formula is C13H17ClF2N2O3. The number of hydrogen-bond donors (Lipinski definition) is 2. The van der Waals surface area contributed by atoms with Crippen LogP contribution >= 0.6 is 12.4 Å². The molecule has 3 N–H and O–H groups in total. The molecule has 1 aliphatic rings. The first-order chi connectivity index (χ1) is 9.08. The maximum Gasteiger partial charge on any atom is 0.586 e. The number of amides is 1. The van der Waals surface area contributed by atoms with Gasteiger partial charge in [0.05, 0.1) is 6.04 Å². The molecule has 1 aliphatic heterocycles. The summed E-state index contributed by atoms with van der Waals surface area (Å²) in [5.41, 5.74) is 5.72. The molecule has 1 aromatic carbocycles. The third-order valence-electron chi connectivity index (χ3n) is 2.88. The fourth-order valence-corrected chi connectivity index (χ4v) is 1.64. The molecule has 1 amide bonds. The van der Waals surface area contributed by atoms with Crippen molar-refractivity contribution < 1.29 is 23.0 Å². The molecule has 8 heteroatoms. The zero-order valence-electron chi connectivity index (χ0n) is 11.8. The van der Waals surface area contributed by atoms with E-state index in [1.54, 1.807) is 0 Å². The van der Waals surface area contributed by atoms with E-state index in [1.165, 1.54) is 18.2 Å². The van der Waals surface area contributed by atoms with Crippen LogP contribution in [-0.4, -0.2) is 18.2 Å². The number of nitrogens with one attached hydrogen (secondary N) is 1. The van der Waals surface area contributed by atoms with Crippen molar-refractivity contribution in [3.8, 4) is 11.5 Å². The van der Waals surface area contributed by atoms with E-state index < -0.39 is 23.7 Å². The Hall–Kier alpha value is -1.60. The lowest BCUT2D eigenvalue weighted by Crippen LogP contribution is -2.45. The molecule has 1 atom stereocenters. The Morgan fingerprint density at radius 2 is 1.86 bits per heavy atom. The van der Waals surface area contributed by atoms with E-state index in [1.807, 2.05) is 20.8 Å². The van der Waals surface area contributed by atoms with Gasteiger partial charge in [-0.05, 0) is 17.5 Å². The lowest BCUT2D eigenvalue weighted by Gasteiger charge is -2.25. The maximum absolute atomic E-state index is 12.9. The summed E-state index contributed by atoms with van der Waals surface area (Å²) in [5, 5.41) is 2.56. The minimum Gasteiger partial charge on any atom is -0.395 e. The number of hydrogen-bond acceptors (Lipinski definition) is 4. The number of alkyl halides is 2. The molecule has 1 aromatic rings. The summed E-state index contributed by atoms with van der Waals surface area (Å²) in [6.45, 7) is 5.49. The Labute approximate surface area is 127 Å². The second kappa shape index (κ2) is 5.65. The summed E-state index contributed by atoms with van der Waals surface area (Å²) in [6, 6.07) is 3.28. The molecule has 0 saturated carbocycles. The average molecular weight is 323 g/mol. The quantitative estimate of drug-likeness (QED) is 0.878. The first-order valence-electron chi connectivity index (χ1n) is 6.05. The number of carbonyl (C=O) groups is 1. The van der Waals surface area contributed by atoms with Crippen molar-refractivity contribution in [3.63, 3.8) is 0 Å². The molecular weight excluding hydrogens is 306 g/mol. The third-order valence-corrected chi connectivity index (χ3v) is 2.88. The number of halogens is 3. The zero-order chi connectivity index (χ0) is 15.1. The number of anilines is 1. The molecule has 0 aromatic heterocycles. The molecule has 0 saturated heterocycles. The molecule has 0 fully saturated rings. The number of nitrogens with two attached hydrogens (primary N) is 1. The fraction of sp³-hybridized carbons (Fsp3) is 0.462. The van der Waals surface area contributed by atoms with E-state index >= 15 is 0 Å². The van der Waals surface area contributed by atoms with Crippen LogP contribution in [0.3, 0.4) is 0 Å². The van der Waals surface area contributed by atoms with E-state index in [2.05, 4.69) is 14.8 Å². The van der Waals surface area contributed by atoms with E-state index in [0.717, 1.165) is 0 Å². The first kappa shape index (κ1) is 17.5. The van der Waals surface area contributed by atoms with Gasteiger partial charge in [0.1, 0.15) is 0 Å². The third kappa shape index (κ3) is 3.95. The summed E-state index contributed by atoms with van der Waals surface area (Å²) in [6.07, 6.45) is -3.67. The van der Waals surface area contributed by atoms with Crippen LogP contribution in [0.2, 0.25) is 0 Å². The predicted octanol–water partition coefficient (Wildman–Crippen LogP) is 2.74. The highest BCUT2D eigenvalue weighted by Crippen LogP contribution is 2.42. The van der Waals surface area contributed by atoms with Gasteiger partial charge in [-0.25, -0.2) is 0 Å².